The Labute approximate surface area is 109 Å². The third-order valence-corrected chi connectivity index (χ3v) is 3.39. The van der Waals surface area contributed by atoms with Crippen LogP contribution in [0.25, 0.3) is 5.69 Å². The van der Waals surface area contributed by atoms with Crippen LogP contribution in [-0.2, 0) is 0 Å². The van der Waals surface area contributed by atoms with Crippen molar-refractivity contribution in [1.82, 2.24) is 9.55 Å². The van der Waals surface area contributed by atoms with Gasteiger partial charge in [-0.05, 0) is 30.5 Å². The quantitative estimate of drug-likeness (QED) is 0.897. The molecule has 0 aliphatic heterocycles. The molecule has 3 nitrogen and oxygen atoms in total. The first kappa shape index (κ1) is 12.8. The smallest absolute Gasteiger partial charge is 0.0994 e. The Morgan fingerprint density at radius 2 is 2.11 bits per heavy atom. The Hall–Kier alpha value is -1.61. The monoisotopic (exact) mass is 243 g/mol. The van der Waals surface area contributed by atoms with Gasteiger partial charge in [0.2, 0.25) is 0 Å². The predicted octanol–water partition coefficient (Wildman–Crippen LogP) is 2.88. The van der Waals surface area contributed by atoms with E-state index in [-0.39, 0.29) is 0 Å². The van der Waals surface area contributed by atoms with E-state index in [2.05, 4.69) is 54.6 Å². The van der Waals surface area contributed by atoms with Crippen LogP contribution in [0.1, 0.15) is 31.0 Å². The Bertz CT molecular complexity index is 514. The van der Waals surface area contributed by atoms with E-state index in [4.69, 9.17) is 5.73 Å². The summed E-state index contributed by atoms with van der Waals surface area (Å²) >= 11 is 0. The van der Waals surface area contributed by atoms with Crippen molar-refractivity contribution in [1.29, 1.82) is 0 Å². The number of imidazole rings is 1. The van der Waals surface area contributed by atoms with Crippen LogP contribution in [0.3, 0.4) is 0 Å². The summed E-state index contributed by atoms with van der Waals surface area (Å²) in [5.41, 5.74) is 9.50. The average molecular weight is 243 g/mol. The number of benzene rings is 1. The third-order valence-electron chi connectivity index (χ3n) is 3.39. The first-order chi connectivity index (χ1) is 8.63. The van der Waals surface area contributed by atoms with Gasteiger partial charge < -0.3 is 10.3 Å². The first-order valence-corrected chi connectivity index (χ1v) is 6.43. The average Bonchev–Trinajstić information content (AvgIpc) is 2.78. The third kappa shape index (κ3) is 2.46. The van der Waals surface area contributed by atoms with Gasteiger partial charge in [0.25, 0.3) is 0 Å². The Kier molecular flexibility index (Phi) is 3.82. The number of nitrogens with zero attached hydrogens (tertiary/aromatic N) is 2. The van der Waals surface area contributed by atoms with Crippen LogP contribution >= 0.6 is 0 Å². The van der Waals surface area contributed by atoms with Crippen LogP contribution in [0.2, 0.25) is 0 Å². The van der Waals surface area contributed by atoms with E-state index in [9.17, 15) is 0 Å². The van der Waals surface area contributed by atoms with Gasteiger partial charge >= 0.3 is 0 Å². The van der Waals surface area contributed by atoms with Crippen LogP contribution in [0, 0.1) is 12.8 Å². The van der Waals surface area contributed by atoms with Crippen LogP contribution in [0.5, 0.6) is 0 Å². The van der Waals surface area contributed by atoms with Crippen LogP contribution in [-0.4, -0.2) is 16.1 Å². The molecule has 1 aromatic heterocycles. The molecule has 0 spiro atoms. The lowest BCUT2D eigenvalue weighted by atomic mass is 9.93. The Balaban J connectivity index is 2.44. The minimum absolute atomic E-state index is 0.341. The van der Waals surface area contributed by atoms with E-state index in [0.717, 1.165) is 5.69 Å². The van der Waals surface area contributed by atoms with E-state index < -0.39 is 0 Å². The van der Waals surface area contributed by atoms with Gasteiger partial charge in [0.15, 0.2) is 0 Å². The summed E-state index contributed by atoms with van der Waals surface area (Å²) < 4.78 is 2.14. The second-order valence-electron chi connectivity index (χ2n) is 5.11. The highest BCUT2D eigenvalue weighted by Crippen LogP contribution is 2.25. The van der Waals surface area contributed by atoms with E-state index in [1.807, 2.05) is 12.5 Å². The normalized spacial score (nSPS) is 12.9. The number of aryl methyl sites for hydroxylation is 1. The maximum Gasteiger partial charge on any atom is 0.0994 e. The minimum Gasteiger partial charge on any atom is -0.330 e. The van der Waals surface area contributed by atoms with Crippen LogP contribution in [0.4, 0.5) is 0 Å². The maximum atomic E-state index is 5.90. The van der Waals surface area contributed by atoms with E-state index in [1.165, 1.54) is 11.3 Å². The molecule has 2 N–H and O–H groups in total. The molecular formula is C15H21N3. The largest absolute Gasteiger partial charge is 0.330 e. The zero-order chi connectivity index (χ0) is 13.1. The van der Waals surface area contributed by atoms with Gasteiger partial charge in [0.05, 0.1) is 6.33 Å². The molecule has 0 saturated carbocycles. The molecule has 0 radical (unpaired) electrons. The van der Waals surface area contributed by atoms with Crippen LogP contribution in [0.15, 0.2) is 36.8 Å². The van der Waals surface area contributed by atoms with Crippen molar-refractivity contribution in [3.05, 3.63) is 48.0 Å². The summed E-state index contributed by atoms with van der Waals surface area (Å²) in [5, 5.41) is 0. The molecule has 0 aliphatic rings. The molecule has 1 heterocycles. The second-order valence-corrected chi connectivity index (χ2v) is 5.11. The van der Waals surface area contributed by atoms with E-state index in [1.54, 1.807) is 0 Å². The number of hydrogen-bond acceptors (Lipinski definition) is 2. The highest BCUT2D eigenvalue weighted by Gasteiger charge is 2.18. The molecule has 0 bridgehead atoms. The van der Waals surface area contributed by atoms with Gasteiger partial charge in [-0.15, -0.1) is 0 Å². The summed E-state index contributed by atoms with van der Waals surface area (Å²) in [6.07, 6.45) is 3.80. The zero-order valence-corrected chi connectivity index (χ0v) is 11.3. The summed E-state index contributed by atoms with van der Waals surface area (Å²) in [6.45, 7) is 7.15. The zero-order valence-electron chi connectivity index (χ0n) is 11.3. The van der Waals surface area contributed by atoms with E-state index >= 15 is 0 Å². The number of nitrogens with two attached hydrogens (primary N) is 1. The van der Waals surface area contributed by atoms with Gasteiger partial charge in [0, 0.05) is 30.0 Å². The predicted molar refractivity (Wildman–Crippen MR) is 74.9 cm³/mol. The summed E-state index contributed by atoms with van der Waals surface area (Å²) in [6, 6.07) is 8.44. The first-order valence-electron chi connectivity index (χ1n) is 6.43. The highest BCUT2D eigenvalue weighted by molar-refractivity contribution is 5.37. The van der Waals surface area contributed by atoms with Crippen molar-refractivity contribution in [2.75, 3.05) is 6.54 Å². The Morgan fingerprint density at radius 1 is 1.33 bits per heavy atom. The summed E-state index contributed by atoms with van der Waals surface area (Å²) in [4.78, 5) is 4.29. The fourth-order valence-corrected chi connectivity index (χ4v) is 2.31. The SMILES string of the molecule is Cc1cccc(-n2cncc2C(CN)C(C)C)c1. The molecular weight excluding hydrogens is 222 g/mol. The van der Waals surface area contributed by atoms with Crippen molar-refractivity contribution in [3.63, 3.8) is 0 Å². The lowest BCUT2D eigenvalue weighted by Crippen LogP contribution is -2.20. The molecule has 0 amide bonds. The van der Waals surface area contributed by atoms with Gasteiger partial charge in [-0.1, -0.05) is 26.0 Å². The topological polar surface area (TPSA) is 43.8 Å². The molecule has 2 aromatic rings. The number of aromatic nitrogens is 2. The number of hydrogen-bond donors (Lipinski definition) is 1. The Morgan fingerprint density at radius 3 is 2.72 bits per heavy atom. The van der Waals surface area contributed by atoms with E-state index in [0.29, 0.717) is 18.4 Å². The van der Waals surface area contributed by atoms with Gasteiger partial charge in [0.1, 0.15) is 0 Å². The summed E-state index contributed by atoms with van der Waals surface area (Å²) in [5.74, 6) is 0.850. The molecule has 1 atom stereocenters. The molecule has 1 unspecified atom stereocenters. The highest BCUT2D eigenvalue weighted by atomic mass is 15.1. The number of rotatable bonds is 4. The van der Waals surface area contributed by atoms with Crippen molar-refractivity contribution < 1.29 is 0 Å². The molecule has 96 valence electrons. The van der Waals surface area contributed by atoms with Crippen molar-refractivity contribution in [2.45, 2.75) is 26.7 Å². The van der Waals surface area contributed by atoms with Crippen molar-refractivity contribution in [3.8, 4) is 5.69 Å². The second kappa shape index (κ2) is 5.36. The molecule has 1 aromatic carbocycles. The van der Waals surface area contributed by atoms with Gasteiger partial charge in [-0.3, -0.25) is 0 Å². The molecule has 0 fully saturated rings. The molecule has 3 heteroatoms. The molecule has 18 heavy (non-hydrogen) atoms. The van der Waals surface area contributed by atoms with Gasteiger partial charge in [-0.25, -0.2) is 4.98 Å². The fraction of sp³-hybridized carbons (Fsp3) is 0.400. The lowest BCUT2D eigenvalue weighted by molar-refractivity contribution is 0.490. The summed E-state index contributed by atoms with van der Waals surface area (Å²) in [7, 11) is 0. The molecule has 0 saturated heterocycles. The van der Waals surface area contributed by atoms with Crippen molar-refractivity contribution in [2.24, 2.45) is 11.7 Å². The van der Waals surface area contributed by atoms with Crippen LogP contribution < -0.4 is 5.73 Å². The minimum atomic E-state index is 0.341. The fourth-order valence-electron chi connectivity index (χ4n) is 2.31. The molecule has 2 rings (SSSR count). The van der Waals surface area contributed by atoms with Gasteiger partial charge in [-0.2, -0.15) is 0 Å². The lowest BCUT2D eigenvalue weighted by Gasteiger charge is -2.20. The van der Waals surface area contributed by atoms with Crippen molar-refractivity contribution >= 4 is 0 Å². The molecule has 0 aliphatic carbocycles. The maximum absolute atomic E-state index is 5.90. The standard InChI is InChI=1S/C15H21N3/c1-11(2)14(8-16)15-9-17-10-18(15)13-6-4-5-12(3)7-13/h4-7,9-11,14H,8,16H2,1-3H3.